The van der Waals surface area contributed by atoms with Crippen LogP contribution in [-0.2, 0) is 17.8 Å². The molecule has 0 N–H and O–H groups in total. The molecule has 3 aromatic rings. The molecule has 6 heteroatoms. The van der Waals surface area contributed by atoms with Crippen LogP contribution in [0, 0.1) is 0 Å². The summed E-state index contributed by atoms with van der Waals surface area (Å²) in [5, 5.41) is 1.27. The quantitative estimate of drug-likeness (QED) is 0.283. The molecule has 0 fully saturated rings. The number of rotatable bonds is 6. The molecule has 1 aliphatic carbocycles. The molecule has 5 rings (SSSR count). The van der Waals surface area contributed by atoms with Crippen LogP contribution < -0.4 is 10.5 Å². The number of hydrogen-bond donors (Lipinski definition) is 0. The highest BCUT2D eigenvalue weighted by Crippen LogP contribution is 2.28. The summed E-state index contributed by atoms with van der Waals surface area (Å²) in [6.45, 7) is 1.34. The van der Waals surface area contributed by atoms with Gasteiger partial charge < -0.3 is 4.90 Å². The molecule has 0 unspecified atom stereocenters. The summed E-state index contributed by atoms with van der Waals surface area (Å²) in [7, 11) is 0. The van der Waals surface area contributed by atoms with Gasteiger partial charge in [-0.25, -0.2) is 4.98 Å². The number of amides is 1. The van der Waals surface area contributed by atoms with E-state index in [1.165, 1.54) is 35.7 Å². The van der Waals surface area contributed by atoms with Gasteiger partial charge >= 0.3 is 0 Å². The van der Waals surface area contributed by atoms with Crippen molar-refractivity contribution in [3.05, 3.63) is 76.1 Å². The van der Waals surface area contributed by atoms with Crippen molar-refractivity contribution < 1.29 is 4.79 Å². The van der Waals surface area contributed by atoms with Crippen molar-refractivity contribution in [1.29, 1.82) is 0 Å². The fourth-order valence-electron chi connectivity index (χ4n) is 4.84. The predicted molar refractivity (Wildman–Crippen MR) is 135 cm³/mol. The van der Waals surface area contributed by atoms with Crippen LogP contribution in [0.3, 0.4) is 0 Å². The van der Waals surface area contributed by atoms with Gasteiger partial charge in [-0.3, -0.25) is 14.2 Å². The zero-order valence-corrected chi connectivity index (χ0v) is 19.7. The second-order valence-corrected chi connectivity index (χ2v) is 9.74. The third kappa shape index (κ3) is 4.76. The number of hydrogen-bond acceptors (Lipinski definition) is 4. The van der Waals surface area contributed by atoms with Crippen LogP contribution in [0.15, 0.2) is 70.1 Å². The first kappa shape index (κ1) is 22.0. The Kier molecular flexibility index (Phi) is 6.63. The maximum Gasteiger partial charge on any atom is 0.262 e. The largest absolute Gasteiger partial charge is 0.311 e. The Morgan fingerprint density at radius 1 is 1.00 bits per heavy atom. The first-order valence-corrected chi connectivity index (χ1v) is 12.9. The number of fused-ring (bicyclic) bond motifs is 2. The van der Waals surface area contributed by atoms with E-state index in [-0.39, 0.29) is 17.2 Å². The lowest BCUT2D eigenvalue weighted by Crippen LogP contribution is -2.36. The van der Waals surface area contributed by atoms with E-state index in [4.69, 9.17) is 4.98 Å². The Bertz CT molecular complexity index is 1260. The molecule has 5 nitrogen and oxygen atoms in total. The highest BCUT2D eigenvalue weighted by atomic mass is 32.2. The topological polar surface area (TPSA) is 55.2 Å². The average molecular weight is 460 g/mol. The lowest BCUT2D eigenvalue weighted by Gasteiger charge is -2.29. The van der Waals surface area contributed by atoms with Gasteiger partial charge in [-0.1, -0.05) is 53.7 Å². The molecular formula is C27H29N3O2S. The smallest absolute Gasteiger partial charge is 0.262 e. The van der Waals surface area contributed by atoms with Gasteiger partial charge in [0.2, 0.25) is 5.91 Å². The number of anilines is 1. The fraction of sp³-hybridized carbons (Fsp3) is 0.370. The standard InChI is InChI=1S/C27H29N3O2S/c31-25(29-17-8-12-21-11-4-7-15-24(21)29)19-33-27-28-23-14-6-5-13-22(23)26(32)30(27)18-16-20-9-2-1-3-10-20/h4-7,9,11,13-15H,1-3,8,10,12,16-19H2. The molecular weight excluding hydrogens is 430 g/mol. The van der Waals surface area contributed by atoms with Crippen LogP contribution in [0.2, 0.25) is 0 Å². The number of carbonyl (C=O) groups is 1. The number of para-hydroxylation sites is 2. The van der Waals surface area contributed by atoms with Crippen LogP contribution in [0.25, 0.3) is 10.9 Å². The summed E-state index contributed by atoms with van der Waals surface area (Å²) < 4.78 is 1.78. The number of allylic oxidation sites excluding steroid dienone is 2. The van der Waals surface area contributed by atoms with E-state index in [0.29, 0.717) is 22.6 Å². The Morgan fingerprint density at radius 2 is 1.85 bits per heavy atom. The van der Waals surface area contributed by atoms with E-state index in [9.17, 15) is 9.59 Å². The van der Waals surface area contributed by atoms with E-state index in [0.717, 1.165) is 44.3 Å². The SMILES string of the molecule is O=C(CSc1nc2ccccc2c(=O)n1CCC1=CCCCC1)N1CCCc2ccccc21. The van der Waals surface area contributed by atoms with Crippen LogP contribution in [0.5, 0.6) is 0 Å². The summed E-state index contributed by atoms with van der Waals surface area (Å²) >= 11 is 1.38. The first-order valence-electron chi connectivity index (χ1n) is 11.9. The van der Waals surface area contributed by atoms with Crippen molar-refractivity contribution in [3.8, 4) is 0 Å². The Labute approximate surface area is 198 Å². The Morgan fingerprint density at radius 3 is 2.73 bits per heavy atom. The van der Waals surface area contributed by atoms with Crippen molar-refractivity contribution in [2.45, 2.75) is 56.6 Å². The molecule has 2 aromatic carbocycles. The lowest BCUT2D eigenvalue weighted by atomic mass is 9.97. The summed E-state index contributed by atoms with van der Waals surface area (Å²) in [6.07, 6.45) is 9.90. The van der Waals surface area contributed by atoms with Crippen molar-refractivity contribution in [3.63, 3.8) is 0 Å². The number of nitrogens with zero attached hydrogens (tertiary/aromatic N) is 3. The highest BCUT2D eigenvalue weighted by molar-refractivity contribution is 7.99. The molecule has 0 saturated carbocycles. The third-order valence-corrected chi connectivity index (χ3v) is 7.57. The number of aryl methyl sites for hydroxylation is 1. The van der Waals surface area contributed by atoms with Gasteiger partial charge in [0.15, 0.2) is 5.16 Å². The summed E-state index contributed by atoms with van der Waals surface area (Å²) in [5.41, 5.74) is 4.34. The van der Waals surface area contributed by atoms with E-state index >= 15 is 0 Å². The third-order valence-electron chi connectivity index (χ3n) is 6.60. The minimum Gasteiger partial charge on any atom is -0.311 e. The maximum atomic E-state index is 13.3. The normalized spacial score (nSPS) is 15.9. The molecule has 1 aliphatic heterocycles. The number of aromatic nitrogens is 2. The maximum absolute atomic E-state index is 13.3. The van der Waals surface area contributed by atoms with Gasteiger partial charge in [0.05, 0.1) is 16.7 Å². The van der Waals surface area contributed by atoms with Crippen molar-refractivity contribution in [1.82, 2.24) is 9.55 Å². The summed E-state index contributed by atoms with van der Waals surface area (Å²) in [5.74, 6) is 0.332. The molecule has 33 heavy (non-hydrogen) atoms. The molecule has 1 amide bonds. The zero-order chi connectivity index (χ0) is 22.6. The van der Waals surface area contributed by atoms with Crippen molar-refractivity contribution >= 4 is 34.3 Å². The van der Waals surface area contributed by atoms with Gasteiger partial charge in [-0.15, -0.1) is 0 Å². The van der Waals surface area contributed by atoms with E-state index in [1.54, 1.807) is 4.57 Å². The summed E-state index contributed by atoms with van der Waals surface area (Å²) in [4.78, 5) is 33.2. The molecule has 0 radical (unpaired) electrons. The van der Waals surface area contributed by atoms with E-state index < -0.39 is 0 Å². The van der Waals surface area contributed by atoms with Gasteiger partial charge in [0.1, 0.15) is 0 Å². The lowest BCUT2D eigenvalue weighted by molar-refractivity contribution is -0.116. The van der Waals surface area contributed by atoms with Crippen molar-refractivity contribution in [2.75, 3.05) is 17.2 Å². The molecule has 0 spiro atoms. The monoisotopic (exact) mass is 459 g/mol. The number of carbonyl (C=O) groups excluding carboxylic acids is 1. The van der Waals surface area contributed by atoms with E-state index in [2.05, 4.69) is 12.1 Å². The van der Waals surface area contributed by atoms with Crippen molar-refractivity contribution in [2.24, 2.45) is 0 Å². The van der Waals surface area contributed by atoms with Crippen LogP contribution >= 0.6 is 11.8 Å². The second-order valence-electron chi connectivity index (χ2n) is 8.79. The molecule has 0 saturated heterocycles. The summed E-state index contributed by atoms with van der Waals surface area (Å²) in [6, 6.07) is 15.6. The molecule has 1 aromatic heterocycles. The average Bonchev–Trinajstić information content (AvgIpc) is 2.87. The molecule has 0 bridgehead atoms. The molecule has 2 aliphatic rings. The van der Waals surface area contributed by atoms with Gasteiger partial charge in [-0.2, -0.15) is 0 Å². The molecule has 0 atom stereocenters. The molecule has 170 valence electrons. The Balaban J connectivity index is 1.39. The van der Waals surface area contributed by atoms with Crippen LogP contribution in [0.4, 0.5) is 5.69 Å². The van der Waals surface area contributed by atoms with Crippen LogP contribution in [0.1, 0.15) is 44.1 Å². The first-order chi connectivity index (χ1) is 16.2. The highest BCUT2D eigenvalue weighted by Gasteiger charge is 2.23. The Hall–Kier alpha value is -2.86. The number of benzene rings is 2. The van der Waals surface area contributed by atoms with Crippen LogP contribution in [-0.4, -0.2) is 27.8 Å². The number of thioether (sulfide) groups is 1. The van der Waals surface area contributed by atoms with E-state index in [1.807, 2.05) is 47.4 Å². The van der Waals surface area contributed by atoms with Gasteiger partial charge in [0.25, 0.3) is 5.56 Å². The minimum atomic E-state index is -0.0183. The second kappa shape index (κ2) is 9.96. The fourth-order valence-corrected chi connectivity index (χ4v) is 5.74. The van der Waals surface area contributed by atoms with Gasteiger partial charge in [-0.05, 0) is 68.7 Å². The van der Waals surface area contributed by atoms with Gasteiger partial charge in [0, 0.05) is 18.8 Å². The zero-order valence-electron chi connectivity index (χ0n) is 18.8. The predicted octanol–water partition coefficient (Wildman–Crippen LogP) is 5.36. The minimum absolute atomic E-state index is 0.0183. The molecule has 2 heterocycles.